The number of rotatable bonds is 4. The first kappa shape index (κ1) is 17.8. The van der Waals surface area contributed by atoms with Crippen LogP contribution in [0, 0.1) is 21.4 Å². The van der Waals surface area contributed by atoms with Crippen LogP contribution in [0.25, 0.3) is 11.6 Å². The molecular weight excluding hydrogens is 330 g/mol. The van der Waals surface area contributed by atoms with E-state index in [4.69, 9.17) is 0 Å². The Kier molecular flexibility index (Phi) is 5.12. The minimum absolute atomic E-state index is 0.0520. The molecule has 7 heteroatoms. The van der Waals surface area contributed by atoms with Crippen LogP contribution in [0.1, 0.15) is 61.8 Å². The predicted molar refractivity (Wildman–Crippen MR) is 98.2 cm³/mol. The molecule has 0 spiro atoms. The monoisotopic (exact) mass is 351 g/mol. The number of hydrogen-bond donors (Lipinski definition) is 0. The molecule has 0 unspecified atom stereocenters. The van der Waals surface area contributed by atoms with Gasteiger partial charge in [-0.3, -0.25) is 10.1 Å². The van der Waals surface area contributed by atoms with E-state index in [0.717, 1.165) is 38.1 Å². The van der Waals surface area contributed by atoms with Crippen LogP contribution in [0.3, 0.4) is 0 Å². The SMILES string of the molecule is CC(C)c1ccc(/C=C(\C#N)c2nnc3n2CCCCC3)cc1[N+](=O)[O-]. The van der Waals surface area contributed by atoms with Crippen molar-refractivity contribution in [1.29, 1.82) is 5.26 Å². The summed E-state index contributed by atoms with van der Waals surface area (Å²) in [6.07, 6.45) is 5.76. The van der Waals surface area contributed by atoms with Gasteiger partial charge >= 0.3 is 0 Å². The number of nitrogens with zero attached hydrogens (tertiary/aromatic N) is 5. The Morgan fingerprint density at radius 1 is 1.35 bits per heavy atom. The highest BCUT2D eigenvalue weighted by atomic mass is 16.6. The lowest BCUT2D eigenvalue weighted by Crippen LogP contribution is -2.05. The third-order valence-corrected chi connectivity index (χ3v) is 4.66. The smallest absolute Gasteiger partial charge is 0.273 e. The van der Waals surface area contributed by atoms with Crippen LogP contribution < -0.4 is 0 Å². The van der Waals surface area contributed by atoms with E-state index in [9.17, 15) is 15.4 Å². The fourth-order valence-electron chi connectivity index (χ4n) is 3.29. The second-order valence-electron chi connectivity index (χ2n) is 6.80. The zero-order valence-corrected chi connectivity index (χ0v) is 15.0. The molecule has 3 rings (SSSR count). The zero-order valence-electron chi connectivity index (χ0n) is 15.0. The summed E-state index contributed by atoms with van der Waals surface area (Å²) in [5, 5.41) is 29.4. The topological polar surface area (TPSA) is 97.6 Å². The Bertz CT molecular complexity index is 905. The fraction of sp³-hybridized carbons (Fsp3) is 0.421. The molecule has 26 heavy (non-hydrogen) atoms. The molecule has 1 aromatic heterocycles. The number of fused-ring (bicyclic) bond motifs is 1. The van der Waals surface area contributed by atoms with E-state index in [0.29, 0.717) is 22.5 Å². The molecule has 0 saturated heterocycles. The van der Waals surface area contributed by atoms with Gasteiger partial charge in [0.2, 0.25) is 0 Å². The summed E-state index contributed by atoms with van der Waals surface area (Å²) >= 11 is 0. The van der Waals surface area contributed by atoms with Crippen molar-refractivity contribution < 1.29 is 4.92 Å². The molecule has 0 N–H and O–H groups in total. The third-order valence-electron chi connectivity index (χ3n) is 4.66. The highest BCUT2D eigenvalue weighted by molar-refractivity contribution is 5.87. The summed E-state index contributed by atoms with van der Waals surface area (Å²) in [4.78, 5) is 11.0. The molecule has 1 aromatic carbocycles. The van der Waals surface area contributed by atoms with Crippen LogP contribution in [0.4, 0.5) is 5.69 Å². The van der Waals surface area contributed by atoms with Crippen LogP contribution >= 0.6 is 0 Å². The largest absolute Gasteiger partial charge is 0.310 e. The van der Waals surface area contributed by atoms with Crippen molar-refractivity contribution in [2.45, 2.75) is 52.0 Å². The summed E-state index contributed by atoms with van der Waals surface area (Å²) in [6, 6.07) is 7.26. The highest BCUT2D eigenvalue weighted by Crippen LogP contribution is 2.29. The molecule has 1 aliphatic heterocycles. The van der Waals surface area contributed by atoms with E-state index in [2.05, 4.69) is 16.3 Å². The zero-order chi connectivity index (χ0) is 18.7. The number of allylic oxidation sites excluding steroid dienone is 1. The lowest BCUT2D eigenvalue weighted by atomic mass is 9.98. The van der Waals surface area contributed by atoms with Gasteiger partial charge < -0.3 is 4.57 Å². The van der Waals surface area contributed by atoms with Gasteiger partial charge in [0.15, 0.2) is 5.82 Å². The first-order valence-electron chi connectivity index (χ1n) is 8.84. The van der Waals surface area contributed by atoms with Gasteiger partial charge in [0.05, 0.1) is 10.5 Å². The normalized spacial score (nSPS) is 14.6. The summed E-state index contributed by atoms with van der Waals surface area (Å²) in [7, 11) is 0. The summed E-state index contributed by atoms with van der Waals surface area (Å²) in [6.45, 7) is 4.64. The standard InChI is InChI=1S/C19H21N5O2/c1-13(2)16-8-7-14(11-17(16)24(25)26)10-15(12-20)19-22-21-18-6-4-3-5-9-23(18)19/h7-8,10-11,13H,3-6,9H2,1-2H3/b15-10+. The Morgan fingerprint density at radius 3 is 2.85 bits per heavy atom. The Morgan fingerprint density at radius 2 is 2.15 bits per heavy atom. The molecule has 0 fully saturated rings. The molecule has 0 amide bonds. The lowest BCUT2D eigenvalue weighted by molar-refractivity contribution is -0.385. The van der Waals surface area contributed by atoms with Gasteiger partial charge in [-0.2, -0.15) is 5.26 Å². The van der Waals surface area contributed by atoms with Crippen molar-refractivity contribution in [2.75, 3.05) is 0 Å². The third kappa shape index (κ3) is 3.49. The van der Waals surface area contributed by atoms with Gasteiger partial charge in [0, 0.05) is 24.6 Å². The van der Waals surface area contributed by atoms with E-state index >= 15 is 0 Å². The van der Waals surface area contributed by atoms with Gasteiger partial charge in [-0.25, -0.2) is 0 Å². The van der Waals surface area contributed by atoms with E-state index in [-0.39, 0.29) is 16.5 Å². The van der Waals surface area contributed by atoms with Crippen LogP contribution in [-0.4, -0.2) is 19.7 Å². The second-order valence-corrected chi connectivity index (χ2v) is 6.80. The van der Waals surface area contributed by atoms with Crippen molar-refractivity contribution in [1.82, 2.24) is 14.8 Å². The average Bonchev–Trinajstić information content (AvgIpc) is 2.87. The summed E-state index contributed by atoms with van der Waals surface area (Å²) in [5.74, 6) is 1.50. The summed E-state index contributed by atoms with van der Waals surface area (Å²) in [5.41, 5.74) is 1.74. The van der Waals surface area contributed by atoms with Crippen LogP contribution in [0.15, 0.2) is 18.2 Å². The van der Waals surface area contributed by atoms with Gasteiger partial charge in [-0.1, -0.05) is 32.4 Å². The fourth-order valence-corrected chi connectivity index (χ4v) is 3.29. The van der Waals surface area contributed by atoms with Gasteiger partial charge in [-0.05, 0) is 30.4 Å². The molecule has 0 radical (unpaired) electrons. The molecular formula is C19H21N5O2. The van der Waals surface area contributed by atoms with Crippen LogP contribution in [-0.2, 0) is 13.0 Å². The van der Waals surface area contributed by atoms with Gasteiger partial charge in [-0.15, -0.1) is 10.2 Å². The maximum Gasteiger partial charge on any atom is 0.273 e. The molecule has 7 nitrogen and oxygen atoms in total. The summed E-state index contributed by atoms with van der Waals surface area (Å²) < 4.78 is 2.00. The quantitative estimate of drug-likeness (QED) is 0.469. The number of nitriles is 1. The minimum atomic E-state index is -0.373. The number of benzene rings is 1. The number of aryl methyl sites for hydroxylation is 1. The molecule has 2 heterocycles. The first-order chi connectivity index (χ1) is 12.5. The molecule has 0 bridgehead atoms. The van der Waals surface area contributed by atoms with Crippen molar-refractivity contribution in [2.24, 2.45) is 0 Å². The molecule has 134 valence electrons. The van der Waals surface area contributed by atoms with E-state index in [1.165, 1.54) is 6.07 Å². The van der Waals surface area contributed by atoms with E-state index in [1.807, 2.05) is 18.4 Å². The number of aromatic nitrogens is 3. The molecule has 0 saturated carbocycles. The highest BCUT2D eigenvalue weighted by Gasteiger charge is 2.19. The number of hydrogen-bond acceptors (Lipinski definition) is 5. The van der Waals surface area contributed by atoms with Gasteiger partial charge in [0.25, 0.3) is 5.69 Å². The second kappa shape index (κ2) is 7.48. The number of nitro benzene ring substituents is 1. The van der Waals surface area contributed by atoms with Crippen LogP contribution in [0.2, 0.25) is 0 Å². The van der Waals surface area contributed by atoms with E-state index in [1.54, 1.807) is 18.2 Å². The van der Waals surface area contributed by atoms with Crippen molar-refractivity contribution in [3.8, 4) is 6.07 Å². The molecule has 1 aliphatic rings. The van der Waals surface area contributed by atoms with Gasteiger partial charge in [0.1, 0.15) is 11.9 Å². The predicted octanol–water partition coefficient (Wildman–Crippen LogP) is 4.10. The van der Waals surface area contributed by atoms with Crippen LogP contribution in [0.5, 0.6) is 0 Å². The Labute approximate surface area is 152 Å². The Balaban J connectivity index is 2.03. The molecule has 0 aliphatic carbocycles. The maximum atomic E-state index is 11.4. The van der Waals surface area contributed by atoms with E-state index < -0.39 is 0 Å². The number of nitro groups is 1. The minimum Gasteiger partial charge on any atom is -0.310 e. The van der Waals surface area contributed by atoms with Crippen molar-refractivity contribution in [3.05, 3.63) is 51.1 Å². The Hall–Kier alpha value is -3.01. The maximum absolute atomic E-state index is 11.4. The molecule has 2 aromatic rings. The van der Waals surface area contributed by atoms with Crippen molar-refractivity contribution >= 4 is 17.3 Å². The lowest BCUT2D eigenvalue weighted by Gasteiger charge is -2.08. The van der Waals surface area contributed by atoms with Crippen molar-refractivity contribution in [3.63, 3.8) is 0 Å². The molecule has 0 atom stereocenters. The first-order valence-corrected chi connectivity index (χ1v) is 8.84. The average molecular weight is 351 g/mol.